The van der Waals surface area contributed by atoms with Gasteiger partial charge in [-0.05, 0) is 78.7 Å². The van der Waals surface area contributed by atoms with E-state index in [1.54, 1.807) is 4.90 Å². The molecule has 0 spiro atoms. The highest BCUT2D eigenvalue weighted by Gasteiger charge is 2.33. The lowest BCUT2D eigenvalue weighted by Gasteiger charge is -2.15. The number of aromatic nitrogens is 1. The lowest BCUT2D eigenvalue weighted by atomic mass is 10.1. The van der Waals surface area contributed by atoms with Crippen LogP contribution in [0.2, 0.25) is 0 Å². The molecule has 5 aromatic rings. The van der Waals surface area contributed by atoms with Crippen LogP contribution in [0.4, 0.5) is 5.69 Å². The monoisotopic (exact) mass is 581 g/mol. The molecule has 0 saturated carbocycles. The van der Waals surface area contributed by atoms with Crippen LogP contribution in [-0.2, 0) is 11.2 Å². The molecule has 188 valence electrons. The maximum atomic E-state index is 13.6. The molecule has 2 aromatic heterocycles. The zero-order valence-electron chi connectivity index (χ0n) is 20.6. The van der Waals surface area contributed by atoms with Crippen molar-refractivity contribution in [2.75, 3.05) is 6.54 Å². The van der Waals surface area contributed by atoms with Crippen molar-refractivity contribution in [3.05, 3.63) is 117 Å². The van der Waals surface area contributed by atoms with Crippen LogP contribution >= 0.6 is 27.7 Å². The minimum absolute atomic E-state index is 0.0704. The first-order chi connectivity index (χ1) is 18.5. The van der Waals surface area contributed by atoms with Crippen LogP contribution in [0, 0.1) is 6.92 Å². The Labute approximate surface area is 233 Å². The fourth-order valence-corrected chi connectivity index (χ4v) is 6.19. The molecule has 0 atom stereocenters. The number of furan rings is 1. The zero-order chi connectivity index (χ0) is 26.1. The third-order valence-corrected chi connectivity index (χ3v) is 8.10. The van der Waals surface area contributed by atoms with Crippen LogP contribution in [0.1, 0.15) is 16.9 Å². The Kier molecular flexibility index (Phi) is 6.79. The van der Waals surface area contributed by atoms with E-state index in [2.05, 4.69) is 45.2 Å². The number of aliphatic imine (C=N–C) groups is 1. The van der Waals surface area contributed by atoms with Gasteiger partial charge in [0.05, 0.1) is 10.6 Å². The highest BCUT2D eigenvalue weighted by Crippen LogP contribution is 2.36. The minimum atomic E-state index is -0.0704. The van der Waals surface area contributed by atoms with Crippen molar-refractivity contribution in [3.63, 3.8) is 0 Å². The molecule has 1 saturated heterocycles. The molecule has 7 heteroatoms. The van der Waals surface area contributed by atoms with E-state index in [4.69, 9.17) is 9.41 Å². The molecule has 1 amide bonds. The predicted molar refractivity (Wildman–Crippen MR) is 159 cm³/mol. The van der Waals surface area contributed by atoms with E-state index in [0.717, 1.165) is 27.0 Å². The van der Waals surface area contributed by atoms with Gasteiger partial charge in [0.1, 0.15) is 11.5 Å². The number of hydrogen-bond acceptors (Lipinski definition) is 4. The van der Waals surface area contributed by atoms with Gasteiger partial charge in [0, 0.05) is 39.8 Å². The highest BCUT2D eigenvalue weighted by atomic mass is 79.9. The summed E-state index contributed by atoms with van der Waals surface area (Å²) in [6.07, 6.45) is 4.55. The topological polar surface area (TPSA) is 61.6 Å². The number of hydrogen-bond donors (Lipinski definition) is 1. The van der Waals surface area contributed by atoms with E-state index in [1.165, 1.54) is 28.3 Å². The molecule has 0 bridgehead atoms. The molecule has 6 rings (SSSR count). The number of para-hydroxylation sites is 2. The average molecular weight is 583 g/mol. The van der Waals surface area contributed by atoms with Crippen LogP contribution in [0.25, 0.3) is 28.3 Å². The molecule has 0 radical (unpaired) electrons. The molecule has 1 aliphatic rings. The molecule has 1 N–H and O–H groups in total. The number of thioether (sulfide) groups is 1. The maximum absolute atomic E-state index is 13.6. The number of benzene rings is 3. The zero-order valence-corrected chi connectivity index (χ0v) is 23.1. The smallest absolute Gasteiger partial charge is 0.266 e. The number of nitrogens with zero attached hydrogens (tertiary/aromatic N) is 2. The second-order valence-electron chi connectivity index (χ2n) is 9.09. The van der Waals surface area contributed by atoms with E-state index in [9.17, 15) is 4.79 Å². The van der Waals surface area contributed by atoms with Crippen LogP contribution in [-0.4, -0.2) is 27.5 Å². The summed E-state index contributed by atoms with van der Waals surface area (Å²) in [5.74, 6) is 1.30. The summed E-state index contributed by atoms with van der Waals surface area (Å²) < 4.78 is 7.09. The molecule has 38 heavy (non-hydrogen) atoms. The third kappa shape index (κ3) is 4.99. The van der Waals surface area contributed by atoms with Crippen molar-refractivity contribution in [3.8, 4) is 11.3 Å². The van der Waals surface area contributed by atoms with Gasteiger partial charge in [-0.1, -0.05) is 58.4 Å². The molecule has 5 nitrogen and oxygen atoms in total. The van der Waals surface area contributed by atoms with Crippen molar-refractivity contribution < 1.29 is 9.21 Å². The van der Waals surface area contributed by atoms with E-state index in [0.29, 0.717) is 28.8 Å². The van der Waals surface area contributed by atoms with Crippen molar-refractivity contribution in [1.82, 2.24) is 9.88 Å². The van der Waals surface area contributed by atoms with Crippen LogP contribution in [0.3, 0.4) is 0 Å². The summed E-state index contributed by atoms with van der Waals surface area (Å²) in [6, 6.07) is 27.9. The SMILES string of the molecule is Cc1ccc(-c2ccc(/C=C3\SC(=Nc4ccccc4)N(CCc4c[nH]c5ccccc45)C3=O)o2)c(Br)c1. The van der Waals surface area contributed by atoms with Gasteiger partial charge in [0.25, 0.3) is 5.91 Å². The van der Waals surface area contributed by atoms with Gasteiger partial charge in [-0.3, -0.25) is 9.69 Å². The van der Waals surface area contributed by atoms with Gasteiger partial charge in [-0.2, -0.15) is 0 Å². The molecule has 3 aromatic carbocycles. The Morgan fingerprint density at radius 3 is 2.68 bits per heavy atom. The van der Waals surface area contributed by atoms with Gasteiger partial charge < -0.3 is 9.40 Å². The number of carbonyl (C=O) groups is 1. The quantitative estimate of drug-likeness (QED) is 0.205. The van der Waals surface area contributed by atoms with E-state index in [1.807, 2.05) is 79.9 Å². The molecule has 3 heterocycles. The number of nitrogens with one attached hydrogen (secondary N) is 1. The first-order valence-corrected chi connectivity index (χ1v) is 13.9. The van der Waals surface area contributed by atoms with E-state index < -0.39 is 0 Å². The number of aromatic amines is 1. The largest absolute Gasteiger partial charge is 0.457 e. The molecule has 1 fully saturated rings. The molecule has 1 aliphatic heterocycles. The molecular weight excluding hydrogens is 558 g/mol. The number of carbonyl (C=O) groups excluding carboxylic acids is 1. The van der Waals surface area contributed by atoms with Crippen molar-refractivity contribution in [1.29, 1.82) is 0 Å². The number of halogens is 1. The Balaban J connectivity index is 1.29. The highest BCUT2D eigenvalue weighted by molar-refractivity contribution is 9.10. The van der Waals surface area contributed by atoms with E-state index in [-0.39, 0.29) is 5.91 Å². The van der Waals surface area contributed by atoms with Gasteiger partial charge >= 0.3 is 0 Å². The fraction of sp³-hybridized carbons (Fsp3) is 0.0968. The number of aryl methyl sites for hydroxylation is 1. The lowest BCUT2D eigenvalue weighted by Crippen LogP contribution is -2.31. The Morgan fingerprint density at radius 2 is 1.84 bits per heavy atom. The van der Waals surface area contributed by atoms with Crippen LogP contribution < -0.4 is 0 Å². The summed E-state index contributed by atoms with van der Waals surface area (Å²) in [7, 11) is 0. The normalized spacial score (nSPS) is 15.8. The van der Waals surface area contributed by atoms with Crippen molar-refractivity contribution in [2.24, 2.45) is 4.99 Å². The van der Waals surface area contributed by atoms with Gasteiger partial charge in [0.2, 0.25) is 0 Å². The Morgan fingerprint density at radius 1 is 1.03 bits per heavy atom. The summed E-state index contributed by atoms with van der Waals surface area (Å²) >= 11 is 5.01. The van der Waals surface area contributed by atoms with E-state index >= 15 is 0 Å². The Hall–Kier alpha value is -3.81. The second-order valence-corrected chi connectivity index (χ2v) is 11.0. The number of rotatable bonds is 6. The first-order valence-electron chi connectivity index (χ1n) is 12.3. The Bertz CT molecular complexity index is 1700. The maximum Gasteiger partial charge on any atom is 0.266 e. The summed E-state index contributed by atoms with van der Waals surface area (Å²) in [5.41, 5.74) is 5.22. The number of H-pyrrole nitrogens is 1. The van der Waals surface area contributed by atoms with Crippen LogP contribution in [0.15, 0.2) is 110 Å². The second kappa shape index (κ2) is 10.5. The minimum Gasteiger partial charge on any atom is -0.457 e. The fourth-order valence-electron chi connectivity index (χ4n) is 4.50. The third-order valence-electron chi connectivity index (χ3n) is 6.44. The van der Waals surface area contributed by atoms with Crippen molar-refractivity contribution >= 4 is 61.4 Å². The molecular formula is C31H24BrN3O2S. The summed E-state index contributed by atoms with van der Waals surface area (Å²) in [5, 5.41) is 1.84. The molecule has 0 aliphatic carbocycles. The summed E-state index contributed by atoms with van der Waals surface area (Å²) in [4.78, 5) is 24.1. The number of amides is 1. The first kappa shape index (κ1) is 24.5. The van der Waals surface area contributed by atoms with Crippen LogP contribution in [0.5, 0.6) is 0 Å². The number of amidine groups is 1. The number of fused-ring (bicyclic) bond motifs is 1. The van der Waals surface area contributed by atoms with Gasteiger partial charge in [0.15, 0.2) is 5.17 Å². The average Bonchev–Trinajstić information content (AvgIpc) is 3.62. The van der Waals surface area contributed by atoms with Gasteiger partial charge in [-0.15, -0.1) is 0 Å². The van der Waals surface area contributed by atoms with Crippen molar-refractivity contribution in [2.45, 2.75) is 13.3 Å². The van der Waals surface area contributed by atoms with Gasteiger partial charge in [-0.25, -0.2) is 4.99 Å². The summed E-state index contributed by atoms with van der Waals surface area (Å²) in [6.45, 7) is 2.57. The lowest BCUT2D eigenvalue weighted by molar-refractivity contribution is -0.122. The standard InChI is InChI=1S/C31H24BrN3O2S/c1-20-11-13-25(26(32)17-20)28-14-12-23(37-28)18-29-30(36)35(31(38-29)34-22-7-3-2-4-8-22)16-15-21-19-33-27-10-6-5-9-24(21)27/h2-14,17-19,33H,15-16H2,1H3/b29-18-,34-31?. The molecule has 0 unspecified atom stereocenters. The predicted octanol–water partition coefficient (Wildman–Crippen LogP) is 8.35.